The van der Waals surface area contributed by atoms with Crippen molar-refractivity contribution in [2.24, 2.45) is 0 Å². The van der Waals surface area contributed by atoms with E-state index in [2.05, 4.69) is 4.98 Å². The Morgan fingerprint density at radius 2 is 1.80 bits per heavy atom. The summed E-state index contributed by atoms with van der Waals surface area (Å²) in [6.45, 7) is 3.73. The molecule has 0 fully saturated rings. The Morgan fingerprint density at radius 1 is 1.13 bits per heavy atom. The Labute approximate surface area is 88.0 Å². The predicted molar refractivity (Wildman–Crippen MR) is 59.3 cm³/mol. The fourth-order valence-electron chi connectivity index (χ4n) is 1.64. The van der Waals surface area contributed by atoms with Crippen molar-refractivity contribution in [1.29, 1.82) is 0 Å². The lowest BCUT2D eigenvalue weighted by molar-refractivity contribution is 0.855. The SMILES string of the molecule is Cc1cc(C)n(-c2ccccc2)c(=O)n1. The van der Waals surface area contributed by atoms with E-state index in [-0.39, 0.29) is 5.69 Å². The molecule has 1 aromatic heterocycles. The van der Waals surface area contributed by atoms with Gasteiger partial charge in [0.1, 0.15) is 0 Å². The molecule has 2 aromatic rings. The van der Waals surface area contributed by atoms with Gasteiger partial charge in [-0.15, -0.1) is 0 Å². The third-order valence-corrected chi connectivity index (χ3v) is 2.25. The van der Waals surface area contributed by atoms with Crippen molar-refractivity contribution in [3.05, 3.63) is 58.3 Å². The van der Waals surface area contributed by atoms with Crippen LogP contribution in [-0.4, -0.2) is 9.55 Å². The van der Waals surface area contributed by atoms with E-state index in [1.807, 2.05) is 50.2 Å². The van der Waals surface area contributed by atoms with Crippen LogP contribution in [0.15, 0.2) is 41.2 Å². The van der Waals surface area contributed by atoms with Crippen molar-refractivity contribution in [2.75, 3.05) is 0 Å². The van der Waals surface area contributed by atoms with E-state index in [1.54, 1.807) is 4.57 Å². The number of aromatic nitrogens is 2. The number of nitrogens with zero attached hydrogens (tertiary/aromatic N) is 2. The Morgan fingerprint density at radius 3 is 2.40 bits per heavy atom. The molecule has 0 saturated carbocycles. The van der Waals surface area contributed by atoms with Crippen LogP contribution in [0.4, 0.5) is 0 Å². The normalized spacial score (nSPS) is 10.3. The van der Waals surface area contributed by atoms with Gasteiger partial charge in [-0.05, 0) is 32.0 Å². The highest BCUT2D eigenvalue weighted by molar-refractivity contribution is 5.33. The Hall–Kier alpha value is -1.90. The second-order valence-electron chi connectivity index (χ2n) is 3.49. The molecule has 2 rings (SSSR count). The Bertz CT molecular complexity index is 529. The van der Waals surface area contributed by atoms with E-state index in [9.17, 15) is 4.79 Å². The minimum atomic E-state index is -0.223. The lowest BCUT2D eigenvalue weighted by Gasteiger charge is -2.08. The zero-order chi connectivity index (χ0) is 10.8. The van der Waals surface area contributed by atoms with Gasteiger partial charge in [0.2, 0.25) is 0 Å². The van der Waals surface area contributed by atoms with Crippen LogP contribution in [0.3, 0.4) is 0 Å². The highest BCUT2D eigenvalue weighted by Gasteiger charge is 2.03. The maximum Gasteiger partial charge on any atom is 0.352 e. The first-order valence-corrected chi connectivity index (χ1v) is 4.81. The van der Waals surface area contributed by atoms with Gasteiger partial charge in [0.05, 0.1) is 5.69 Å². The average Bonchev–Trinajstić information content (AvgIpc) is 2.17. The molecular formula is C12H12N2O. The maximum absolute atomic E-state index is 11.7. The van der Waals surface area contributed by atoms with Gasteiger partial charge in [-0.2, -0.15) is 4.98 Å². The maximum atomic E-state index is 11.7. The van der Waals surface area contributed by atoms with Crippen LogP contribution in [0.2, 0.25) is 0 Å². The van der Waals surface area contributed by atoms with Gasteiger partial charge < -0.3 is 0 Å². The zero-order valence-corrected chi connectivity index (χ0v) is 8.77. The fraction of sp³-hybridized carbons (Fsp3) is 0.167. The van der Waals surface area contributed by atoms with Crippen molar-refractivity contribution in [3.63, 3.8) is 0 Å². The zero-order valence-electron chi connectivity index (χ0n) is 8.77. The smallest absolute Gasteiger partial charge is 0.265 e. The van der Waals surface area contributed by atoms with E-state index >= 15 is 0 Å². The molecule has 0 atom stereocenters. The van der Waals surface area contributed by atoms with E-state index < -0.39 is 0 Å². The van der Waals surface area contributed by atoms with Crippen molar-refractivity contribution in [1.82, 2.24) is 9.55 Å². The molecule has 0 aliphatic rings. The van der Waals surface area contributed by atoms with Crippen LogP contribution in [0, 0.1) is 13.8 Å². The summed E-state index contributed by atoms with van der Waals surface area (Å²) in [5.41, 5.74) is 2.29. The van der Waals surface area contributed by atoms with E-state index in [4.69, 9.17) is 0 Å². The van der Waals surface area contributed by atoms with Crippen LogP contribution >= 0.6 is 0 Å². The highest BCUT2D eigenvalue weighted by atomic mass is 16.1. The first-order valence-electron chi connectivity index (χ1n) is 4.81. The molecule has 15 heavy (non-hydrogen) atoms. The molecule has 1 aromatic carbocycles. The van der Waals surface area contributed by atoms with Gasteiger partial charge in [-0.3, -0.25) is 4.57 Å². The lowest BCUT2D eigenvalue weighted by atomic mass is 10.3. The van der Waals surface area contributed by atoms with Crippen LogP contribution in [-0.2, 0) is 0 Å². The molecule has 0 N–H and O–H groups in total. The van der Waals surface area contributed by atoms with Gasteiger partial charge in [0.25, 0.3) is 0 Å². The predicted octanol–water partition coefficient (Wildman–Crippen LogP) is 1.85. The highest BCUT2D eigenvalue weighted by Crippen LogP contribution is 2.07. The summed E-state index contributed by atoms with van der Waals surface area (Å²) in [6.07, 6.45) is 0. The molecule has 0 spiro atoms. The van der Waals surface area contributed by atoms with Crippen LogP contribution in [0.25, 0.3) is 5.69 Å². The Kier molecular flexibility index (Phi) is 2.37. The van der Waals surface area contributed by atoms with Crippen LogP contribution in [0.1, 0.15) is 11.4 Å². The lowest BCUT2D eigenvalue weighted by Crippen LogP contribution is -2.23. The standard InChI is InChI=1S/C12H12N2O/c1-9-8-10(2)14(12(15)13-9)11-6-4-3-5-7-11/h3-8H,1-2H3. The first-order chi connectivity index (χ1) is 7.18. The summed E-state index contributed by atoms with van der Waals surface area (Å²) in [5.74, 6) is 0. The topological polar surface area (TPSA) is 34.9 Å². The van der Waals surface area contributed by atoms with E-state index in [0.717, 1.165) is 17.1 Å². The summed E-state index contributed by atoms with van der Waals surface area (Å²) >= 11 is 0. The fourth-order valence-corrected chi connectivity index (χ4v) is 1.64. The molecule has 3 nitrogen and oxygen atoms in total. The third-order valence-electron chi connectivity index (χ3n) is 2.25. The summed E-state index contributed by atoms with van der Waals surface area (Å²) in [6, 6.07) is 11.4. The second-order valence-corrected chi connectivity index (χ2v) is 3.49. The number of benzene rings is 1. The second kappa shape index (κ2) is 3.69. The van der Waals surface area contributed by atoms with Gasteiger partial charge in [-0.1, -0.05) is 18.2 Å². The van der Waals surface area contributed by atoms with E-state index in [0.29, 0.717) is 0 Å². The van der Waals surface area contributed by atoms with Gasteiger partial charge >= 0.3 is 5.69 Å². The summed E-state index contributed by atoms with van der Waals surface area (Å²) in [5, 5.41) is 0. The molecular weight excluding hydrogens is 188 g/mol. The van der Waals surface area contributed by atoms with Crippen molar-refractivity contribution < 1.29 is 0 Å². The molecule has 0 aliphatic heterocycles. The van der Waals surface area contributed by atoms with Gasteiger partial charge in [-0.25, -0.2) is 4.79 Å². The minimum Gasteiger partial charge on any atom is -0.265 e. The number of hydrogen-bond acceptors (Lipinski definition) is 2. The average molecular weight is 200 g/mol. The molecule has 0 aliphatic carbocycles. The summed E-state index contributed by atoms with van der Waals surface area (Å²) in [4.78, 5) is 15.6. The molecule has 0 amide bonds. The number of hydrogen-bond donors (Lipinski definition) is 0. The van der Waals surface area contributed by atoms with Crippen molar-refractivity contribution in [3.8, 4) is 5.69 Å². The van der Waals surface area contributed by atoms with E-state index in [1.165, 1.54) is 0 Å². The molecule has 0 radical (unpaired) electrons. The number of para-hydroxylation sites is 1. The summed E-state index contributed by atoms with van der Waals surface area (Å²) in [7, 11) is 0. The van der Waals surface area contributed by atoms with Crippen LogP contribution < -0.4 is 5.69 Å². The third kappa shape index (κ3) is 1.81. The minimum absolute atomic E-state index is 0.223. The molecule has 3 heteroatoms. The van der Waals surface area contributed by atoms with Crippen LogP contribution in [0.5, 0.6) is 0 Å². The van der Waals surface area contributed by atoms with Gasteiger partial charge in [0, 0.05) is 11.4 Å². The van der Waals surface area contributed by atoms with Gasteiger partial charge in [0.15, 0.2) is 0 Å². The number of rotatable bonds is 1. The van der Waals surface area contributed by atoms with Crippen molar-refractivity contribution >= 4 is 0 Å². The number of aryl methyl sites for hydroxylation is 2. The molecule has 1 heterocycles. The Balaban J connectivity index is 2.69. The largest absolute Gasteiger partial charge is 0.352 e. The molecule has 0 bridgehead atoms. The molecule has 0 saturated heterocycles. The summed E-state index contributed by atoms with van der Waals surface area (Å²) < 4.78 is 1.60. The molecule has 0 unspecified atom stereocenters. The molecule has 76 valence electrons. The van der Waals surface area contributed by atoms with Crippen molar-refractivity contribution in [2.45, 2.75) is 13.8 Å². The quantitative estimate of drug-likeness (QED) is 0.704. The first kappa shape index (κ1) is 9.65. The monoisotopic (exact) mass is 200 g/mol.